The summed E-state index contributed by atoms with van der Waals surface area (Å²) >= 11 is 0. The van der Waals surface area contributed by atoms with Crippen molar-refractivity contribution in [1.82, 2.24) is 4.90 Å². The third-order valence-corrected chi connectivity index (χ3v) is 2.63. The monoisotopic (exact) mass is 171 g/mol. The molecule has 2 nitrogen and oxygen atoms in total. The Balaban J connectivity index is 2.01. The highest BCUT2D eigenvalue weighted by Crippen LogP contribution is 2.15. The molecule has 12 heavy (non-hydrogen) atoms. The summed E-state index contributed by atoms with van der Waals surface area (Å²) in [5.41, 5.74) is 0. The molecule has 72 valence electrons. The molecule has 0 unspecified atom stereocenters. The van der Waals surface area contributed by atoms with Crippen LogP contribution in [0.1, 0.15) is 26.7 Å². The maximum atomic E-state index is 5.32. The van der Waals surface area contributed by atoms with Gasteiger partial charge in [0.15, 0.2) is 0 Å². The molecule has 0 atom stereocenters. The van der Waals surface area contributed by atoms with E-state index >= 15 is 0 Å². The van der Waals surface area contributed by atoms with E-state index in [1.54, 1.807) is 0 Å². The maximum Gasteiger partial charge on any atom is 0.0593 e. The number of hydrogen-bond acceptors (Lipinski definition) is 2. The smallest absolute Gasteiger partial charge is 0.0593 e. The van der Waals surface area contributed by atoms with Gasteiger partial charge < -0.3 is 9.64 Å². The van der Waals surface area contributed by atoms with E-state index in [0.29, 0.717) is 0 Å². The Bertz CT molecular complexity index is 108. The van der Waals surface area contributed by atoms with Crippen molar-refractivity contribution in [3.05, 3.63) is 0 Å². The van der Waals surface area contributed by atoms with Crippen LogP contribution in [-0.2, 0) is 4.74 Å². The first kappa shape index (κ1) is 10.0. The molecule has 0 amide bonds. The van der Waals surface area contributed by atoms with Gasteiger partial charge in [-0.25, -0.2) is 0 Å². The number of piperidine rings is 1. The Kier molecular flexibility index (Phi) is 4.62. The summed E-state index contributed by atoms with van der Waals surface area (Å²) in [5, 5.41) is 0. The molecule has 0 aromatic rings. The minimum atomic E-state index is 0.851. The van der Waals surface area contributed by atoms with Gasteiger partial charge in [0.2, 0.25) is 0 Å². The van der Waals surface area contributed by atoms with E-state index in [2.05, 4.69) is 18.7 Å². The summed E-state index contributed by atoms with van der Waals surface area (Å²) in [7, 11) is 0. The van der Waals surface area contributed by atoms with Gasteiger partial charge in [0.05, 0.1) is 6.61 Å². The molecule has 2 heteroatoms. The van der Waals surface area contributed by atoms with E-state index in [4.69, 9.17) is 4.74 Å². The average Bonchev–Trinajstić information content (AvgIpc) is 2.09. The Labute approximate surface area is 75.9 Å². The molecule has 0 aromatic heterocycles. The normalized spacial score (nSPS) is 21.5. The van der Waals surface area contributed by atoms with Gasteiger partial charge in [0, 0.05) is 13.2 Å². The van der Waals surface area contributed by atoms with Crippen LogP contribution in [0.15, 0.2) is 0 Å². The largest absolute Gasteiger partial charge is 0.380 e. The molecule has 1 aliphatic rings. The van der Waals surface area contributed by atoms with E-state index in [1.165, 1.54) is 25.9 Å². The van der Waals surface area contributed by atoms with Crippen molar-refractivity contribution in [2.75, 3.05) is 32.8 Å². The fourth-order valence-corrected chi connectivity index (χ4v) is 1.62. The molecule has 1 saturated heterocycles. The minimum Gasteiger partial charge on any atom is -0.380 e. The molecular formula is C10H21NO. The molecule has 0 bridgehead atoms. The van der Waals surface area contributed by atoms with Crippen LogP contribution in [0.5, 0.6) is 0 Å². The zero-order chi connectivity index (χ0) is 8.81. The second kappa shape index (κ2) is 5.55. The number of rotatable bonds is 4. The molecule has 0 N–H and O–H groups in total. The van der Waals surface area contributed by atoms with Gasteiger partial charge >= 0.3 is 0 Å². The number of likely N-dealkylation sites (tertiary alicyclic amines) is 1. The van der Waals surface area contributed by atoms with Crippen molar-refractivity contribution in [1.29, 1.82) is 0 Å². The van der Waals surface area contributed by atoms with Crippen LogP contribution >= 0.6 is 0 Å². The van der Waals surface area contributed by atoms with Crippen molar-refractivity contribution < 1.29 is 4.74 Å². The van der Waals surface area contributed by atoms with Gasteiger partial charge in [0.1, 0.15) is 0 Å². The van der Waals surface area contributed by atoms with Crippen LogP contribution in [0.3, 0.4) is 0 Å². The van der Waals surface area contributed by atoms with Crippen LogP contribution in [0.4, 0.5) is 0 Å². The molecule has 1 heterocycles. The molecule has 0 saturated carbocycles. The third-order valence-electron chi connectivity index (χ3n) is 2.63. The molecule has 0 radical (unpaired) electrons. The van der Waals surface area contributed by atoms with Gasteiger partial charge in [-0.1, -0.05) is 6.92 Å². The fourth-order valence-electron chi connectivity index (χ4n) is 1.62. The summed E-state index contributed by atoms with van der Waals surface area (Å²) < 4.78 is 5.32. The first-order valence-electron chi connectivity index (χ1n) is 5.13. The fraction of sp³-hybridized carbons (Fsp3) is 1.00. The number of hydrogen-bond donors (Lipinski definition) is 0. The van der Waals surface area contributed by atoms with Crippen molar-refractivity contribution in [2.24, 2.45) is 5.92 Å². The SMILES string of the molecule is CCOCCN1CCC(C)CC1. The highest BCUT2D eigenvalue weighted by atomic mass is 16.5. The molecule has 1 aliphatic heterocycles. The lowest BCUT2D eigenvalue weighted by Crippen LogP contribution is -2.35. The van der Waals surface area contributed by atoms with Gasteiger partial charge in [0.25, 0.3) is 0 Å². The highest BCUT2D eigenvalue weighted by Gasteiger charge is 2.14. The van der Waals surface area contributed by atoms with Gasteiger partial charge in [-0.05, 0) is 38.8 Å². The predicted octanol–water partition coefficient (Wildman–Crippen LogP) is 1.75. The summed E-state index contributed by atoms with van der Waals surface area (Å²) in [6, 6.07) is 0. The van der Waals surface area contributed by atoms with Crippen LogP contribution in [0.25, 0.3) is 0 Å². The lowest BCUT2D eigenvalue weighted by atomic mass is 9.99. The Morgan fingerprint density at radius 3 is 2.58 bits per heavy atom. The van der Waals surface area contributed by atoms with E-state index < -0.39 is 0 Å². The summed E-state index contributed by atoms with van der Waals surface area (Å²) in [5.74, 6) is 0.938. The molecule has 0 aromatic carbocycles. The lowest BCUT2D eigenvalue weighted by Gasteiger charge is -2.29. The van der Waals surface area contributed by atoms with Crippen LogP contribution in [-0.4, -0.2) is 37.7 Å². The molecule has 0 aliphatic carbocycles. The maximum absolute atomic E-state index is 5.32. The molecule has 1 rings (SSSR count). The number of ether oxygens (including phenoxy) is 1. The second-order valence-corrected chi connectivity index (χ2v) is 3.72. The first-order chi connectivity index (χ1) is 5.83. The van der Waals surface area contributed by atoms with E-state index in [0.717, 1.165) is 25.7 Å². The Hall–Kier alpha value is -0.0800. The average molecular weight is 171 g/mol. The highest BCUT2D eigenvalue weighted by molar-refractivity contribution is 4.68. The van der Waals surface area contributed by atoms with Gasteiger partial charge in [-0.15, -0.1) is 0 Å². The lowest BCUT2D eigenvalue weighted by molar-refractivity contribution is 0.0976. The van der Waals surface area contributed by atoms with E-state index in [9.17, 15) is 0 Å². The zero-order valence-corrected chi connectivity index (χ0v) is 8.38. The molecular weight excluding hydrogens is 150 g/mol. The van der Waals surface area contributed by atoms with E-state index in [1.807, 2.05) is 0 Å². The summed E-state index contributed by atoms with van der Waals surface area (Å²) in [4.78, 5) is 2.51. The number of nitrogens with zero attached hydrogens (tertiary/aromatic N) is 1. The van der Waals surface area contributed by atoms with Crippen molar-refractivity contribution in [3.8, 4) is 0 Å². The predicted molar refractivity (Wildman–Crippen MR) is 51.3 cm³/mol. The van der Waals surface area contributed by atoms with Crippen molar-refractivity contribution in [2.45, 2.75) is 26.7 Å². The van der Waals surface area contributed by atoms with Crippen LogP contribution in [0.2, 0.25) is 0 Å². The minimum absolute atomic E-state index is 0.851. The van der Waals surface area contributed by atoms with Crippen LogP contribution in [0, 0.1) is 5.92 Å². The molecule has 0 spiro atoms. The zero-order valence-electron chi connectivity index (χ0n) is 8.38. The van der Waals surface area contributed by atoms with Crippen molar-refractivity contribution in [3.63, 3.8) is 0 Å². The topological polar surface area (TPSA) is 12.5 Å². The van der Waals surface area contributed by atoms with Crippen LogP contribution < -0.4 is 0 Å². The Morgan fingerprint density at radius 1 is 1.33 bits per heavy atom. The second-order valence-electron chi connectivity index (χ2n) is 3.72. The first-order valence-corrected chi connectivity index (χ1v) is 5.13. The molecule has 1 fully saturated rings. The van der Waals surface area contributed by atoms with E-state index in [-0.39, 0.29) is 0 Å². The summed E-state index contributed by atoms with van der Waals surface area (Å²) in [6.45, 7) is 9.83. The van der Waals surface area contributed by atoms with Gasteiger partial charge in [-0.2, -0.15) is 0 Å². The van der Waals surface area contributed by atoms with Gasteiger partial charge in [-0.3, -0.25) is 0 Å². The third kappa shape index (κ3) is 3.55. The standard InChI is InChI=1S/C10H21NO/c1-3-12-9-8-11-6-4-10(2)5-7-11/h10H,3-9H2,1-2H3. The quantitative estimate of drug-likeness (QED) is 0.598. The Morgan fingerprint density at radius 2 is 2.00 bits per heavy atom. The summed E-state index contributed by atoms with van der Waals surface area (Å²) in [6.07, 6.45) is 2.73. The van der Waals surface area contributed by atoms with Crippen molar-refractivity contribution >= 4 is 0 Å².